The molecule has 2 unspecified atom stereocenters. The average molecular weight is 228 g/mol. The van der Waals surface area contributed by atoms with E-state index in [0.29, 0.717) is 0 Å². The fourth-order valence-electron chi connectivity index (χ4n) is 0.243. The molecule has 11 heteroatoms. The predicted octanol–water partition coefficient (Wildman–Crippen LogP) is -0.414. The average Bonchev–Trinajstić information content (AvgIpc) is 1.79. The SMILES string of the molecule is O=S(O)NN(S(=O)O)C(F)(F)F. The quantitative estimate of drug-likeness (QED) is 0.348. The van der Waals surface area contributed by atoms with Gasteiger partial charge in [0.15, 0.2) is 0 Å². The molecule has 0 bridgehead atoms. The summed E-state index contributed by atoms with van der Waals surface area (Å²) in [5.41, 5.74) is 0. The molecule has 0 saturated heterocycles. The van der Waals surface area contributed by atoms with Crippen LogP contribution in [0.15, 0.2) is 0 Å². The first-order valence-corrected chi connectivity index (χ1v) is 4.27. The molecule has 0 fully saturated rings. The van der Waals surface area contributed by atoms with Gasteiger partial charge in [-0.05, 0) is 4.41 Å². The Hall–Kier alpha value is -0.0700. The summed E-state index contributed by atoms with van der Waals surface area (Å²) in [6.45, 7) is 0. The van der Waals surface area contributed by atoms with Crippen LogP contribution in [0.25, 0.3) is 0 Å². The molecule has 0 amide bonds. The molecule has 12 heavy (non-hydrogen) atoms. The number of hydrogen-bond donors (Lipinski definition) is 3. The molecule has 0 aliphatic rings. The number of halogens is 3. The van der Waals surface area contributed by atoms with E-state index in [1.807, 2.05) is 0 Å². The second kappa shape index (κ2) is 4.25. The normalized spacial score (nSPS) is 17.8. The molecule has 0 aromatic carbocycles. The molecule has 0 spiro atoms. The standard InChI is InChI=1S/CH3F3N2O4S2/c2-1(3,4)6(12(9)10)5-11(7)8/h5H,(H,7,8)(H,9,10). The molecule has 0 heterocycles. The van der Waals surface area contributed by atoms with Crippen molar-refractivity contribution in [3.05, 3.63) is 0 Å². The third-order valence-corrected chi connectivity index (χ3v) is 1.61. The fourth-order valence-corrected chi connectivity index (χ4v) is 1.11. The minimum absolute atomic E-state index is 0.805. The van der Waals surface area contributed by atoms with Gasteiger partial charge in [0.1, 0.15) is 0 Å². The Balaban J connectivity index is 4.46. The van der Waals surface area contributed by atoms with E-state index in [-0.39, 0.29) is 0 Å². The zero-order chi connectivity index (χ0) is 9.94. The molecule has 0 aliphatic heterocycles. The fraction of sp³-hybridized carbons (Fsp3) is 1.00. The van der Waals surface area contributed by atoms with Crippen molar-refractivity contribution in [1.29, 1.82) is 0 Å². The van der Waals surface area contributed by atoms with Crippen LogP contribution < -0.4 is 4.83 Å². The number of hydrogen-bond acceptors (Lipinski definition) is 2. The smallest absolute Gasteiger partial charge is 0.293 e. The Morgan fingerprint density at radius 1 is 1.25 bits per heavy atom. The van der Waals surface area contributed by atoms with Gasteiger partial charge in [0.25, 0.3) is 11.3 Å². The van der Waals surface area contributed by atoms with Crippen LogP contribution in [0.3, 0.4) is 0 Å². The van der Waals surface area contributed by atoms with Gasteiger partial charge >= 0.3 is 6.30 Å². The van der Waals surface area contributed by atoms with Gasteiger partial charge in [-0.3, -0.25) is 9.11 Å². The molecule has 0 aliphatic carbocycles. The molecule has 74 valence electrons. The van der Waals surface area contributed by atoms with Crippen molar-refractivity contribution in [2.75, 3.05) is 0 Å². The highest BCUT2D eigenvalue weighted by Crippen LogP contribution is 2.19. The van der Waals surface area contributed by atoms with E-state index in [0.717, 1.165) is 4.83 Å². The van der Waals surface area contributed by atoms with Crippen molar-refractivity contribution in [1.82, 2.24) is 9.25 Å². The number of hydrazine groups is 1. The van der Waals surface area contributed by atoms with E-state index in [2.05, 4.69) is 0 Å². The number of alkyl halides is 3. The first-order chi connectivity index (χ1) is 5.25. The Morgan fingerprint density at radius 3 is 1.75 bits per heavy atom. The molecule has 3 N–H and O–H groups in total. The summed E-state index contributed by atoms with van der Waals surface area (Å²) >= 11 is -6.51. The minimum Gasteiger partial charge on any atom is -0.293 e. The molecule has 0 rings (SSSR count). The zero-order valence-corrected chi connectivity index (χ0v) is 6.74. The summed E-state index contributed by atoms with van der Waals surface area (Å²) in [6.07, 6.45) is -5.21. The van der Waals surface area contributed by atoms with Gasteiger partial charge in [0.05, 0.1) is 0 Å². The van der Waals surface area contributed by atoms with Gasteiger partial charge in [-0.15, -0.1) is 4.83 Å². The van der Waals surface area contributed by atoms with Crippen LogP contribution >= 0.6 is 0 Å². The highest BCUT2D eigenvalue weighted by atomic mass is 32.2. The Bertz CT molecular complexity index is 205. The van der Waals surface area contributed by atoms with Crippen molar-refractivity contribution in [2.45, 2.75) is 6.30 Å². The molecule has 6 nitrogen and oxygen atoms in total. The lowest BCUT2D eigenvalue weighted by molar-refractivity contribution is -0.218. The molecular weight excluding hydrogens is 225 g/mol. The highest BCUT2D eigenvalue weighted by Gasteiger charge is 2.42. The molecule has 2 atom stereocenters. The summed E-state index contributed by atoms with van der Waals surface area (Å²) in [6, 6.07) is 0. The van der Waals surface area contributed by atoms with Crippen LogP contribution in [0.5, 0.6) is 0 Å². The lowest BCUT2D eigenvalue weighted by atomic mass is 11.2. The van der Waals surface area contributed by atoms with E-state index < -0.39 is 33.2 Å². The minimum atomic E-state index is -5.21. The van der Waals surface area contributed by atoms with Gasteiger partial charge in [0.2, 0.25) is 11.3 Å². The van der Waals surface area contributed by atoms with Crippen LogP contribution in [-0.2, 0) is 22.5 Å². The third kappa shape index (κ3) is 4.08. The van der Waals surface area contributed by atoms with Crippen molar-refractivity contribution >= 4 is 22.5 Å². The second-order valence-electron chi connectivity index (χ2n) is 1.33. The van der Waals surface area contributed by atoms with Crippen molar-refractivity contribution in [3.8, 4) is 0 Å². The Kier molecular flexibility index (Phi) is 4.22. The van der Waals surface area contributed by atoms with Crippen molar-refractivity contribution in [3.63, 3.8) is 0 Å². The number of rotatable bonds is 3. The summed E-state index contributed by atoms with van der Waals surface area (Å²) in [4.78, 5) is 0.805. The van der Waals surface area contributed by atoms with Gasteiger partial charge in [-0.2, -0.15) is 13.2 Å². The topological polar surface area (TPSA) is 89.9 Å². The van der Waals surface area contributed by atoms with E-state index in [1.54, 1.807) is 0 Å². The van der Waals surface area contributed by atoms with Crippen LogP contribution in [-0.4, -0.2) is 28.2 Å². The van der Waals surface area contributed by atoms with Gasteiger partial charge in [0, 0.05) is 0 Å². The van der Waals surface area contributed by atoms with E-state index >= 15 is 0 Å². The number of nitrogens with one attached hydrogen (secondary N) is 1. The van der Waals surface area contributed by atoms with Gasteiger partial charge in [-0.1, -0.05) is 0 Å². The van der Waals surface area contributed by atoms with E-state index in [9.17, 15) is 21.6 Å². The van der Waals surface area contributed by atoms with E-state index in [1.165, 1.54) is 0 Å². The third-order valence-electron chi connectivity index (χ3n) is 0.547. The first kappa shape index (κ1) is 11.9. The highest BCUT2D eigenvalue weighted by molar-refractivity contribution is 7.80. The molecule has 0 saturated carbocycles. The van der Waals surface area contributed by atoms with Gasteiger partial charge in [-0.25, -0.2) is 8.42 Å². The van der Waals surface area contributed by atoms with E-state index in [4.69, 9.17) is 9.11 Å². The summed E-state index contributed by atoms with van der Waals surface area (Å²) < 4.78 is 69.1. The van der Waals surface area contributed by atoms with Crippen LogP contribution in [0, 0.1) is 0 Å². The molecule has 0 aromatic heterocycles. The summed E-state index contributed by atoms with van der Waals surface area (Å²) in [5, 5.41) is 0. The van der Waals surface area contributed by atoms with Crippen LogP contribution in [0.4, 0.5) is 13.2 Å². The Morgan fingerprint density at radius 2 is 1.67 bits per heavy atom. The predicted molar refractivity (Wildman–Crippen MR) is 32.6 cm³/mol. The maximum Gasteiger partial charge on any atom is 0.488 e. The van der Waals surface area contributed by atoms with Crippen molar-refractivity contribution in [2.24, 2.45) is 0 Å². The number of nitrogens with zero attached hydrogens (tertiary/aromatic N) is 1. The first-order valence-electron chi connectivity index (χ1n) is 2.10. The summed E-state index contributed by atoms with van der Waals surface area (Å²) in [5.74, 6) is 0. The maximum absolute atomic E-state index is 11.6. The van der Waals surface area contributed by atoms with Gasteiger partial charge < -0.3 is 0 Å². The van der Waals surface area contributed by atoms with Crippen LogP contribution in [0.1, 0.15) is 0 Å². The second-order valence-corrected chi connectivity index (χ2v) is 2.84. The monoisotopic (exact) mass is 228 g/mol. The van der Waals surface area contributed by atoms with Crippen LogP contribution in [0.2, 0.25) is 0 Å². The molecule has 0 aromatic rings. The zero-order valence-electron chi connectivity index (χ0n) is 5.11. The molecule has 0 radical (unpaired) electrons. The maximum atomic E-state index is 11.6. The lowest BCUT2D eigenvalue weighted by Crippen LogP contribution is -2.49. The van der Waals surface area contributed by atoms with Crippen molar-refractivity contribution < 1.29 is 30.7 Å². The lowest BCUT2D eigenvalue weighted by Gasteiger charge is -2.17. The Labute approximate surface area is 69.5 Å². The molecular formula is CH3F3N2O4S2. The largest absolute Gasteiger partial charge is 0.488 e. The summed E-state index contributed by atoms with van der Waals surface area (Å²) in [7, 11) is 0.